The van der Waals surface area contributed by atoms with Gasteiger partial charge in [0.2, 0.25) is 0 Å². The van der Waals surface area contributed by atoms with E-state index in [0.29, 0.717) is 0 Å². The summed E-state index contributed by atoms with van der Waals surface area (Å²) >= 11 is 0. The molecule has 1 aliphatic rings. The highest BCUT2D eigenvalue weighted by atomic mass is 15.2. The van der Waals surface area contributed by atoms with E-state index in [9.17, 15) is 0 Å². The fourth-order valence-electron chi connectivity index (χ4n) is 2.70. The number of nitrogens with zero attached hydrogens (tertiary/aromatic N) is 3. The van der Waals surface area contributed by atoms with Crippen molar-refractivity contribution >= 4 is 17.2 Å². The standard InChI is InChI=1S/C14H21N5/c1-3-12-14(15-2)19-10-11(4-5-13(19)17-12)18-8-6-16-7-9-18/h4-5,10,15-16H,3,6-9H2,1-2H3. The first kappa shape index (κ1) is 12.3. The minimum Gasteiger partial charge on any atom is -0.373 e. The summed E-state index contributed by atoms with van der Waals surface area (Å²) in [6, 6.07) is 4.28. The van der Waals surface area contributed by atoms with Crippen molar-refractivity contribution < 1.29 is 0 Å². The maximum absolute atomic E-state index is 4.66. The summed E-state index contributed by atoms with van der Waals surface area (Å²) in [5.41, 5.74) is 3.41. The number of hydrogen-bond donors (Lipinski definition) is 2. The Bertz CT molecular complexity index is 568. The smallest absolute Gasteiger partial charge is 0.138 e. The molecule has 2 aromatic heterocycles. The SMILES string of the molecule is CCc1nc2ccc(N3CCNCC3)cn2c1NC. The summed E-state index contributed by atoms with van der Waals surface area (Å²) < 4.78 is 2.16. The van der Waals surface area contributed by atoms with Crippen LogP contribution in [0.3, 0.4) is 0 Å². The average Bonchev–Trinajstić information content (AvgIpc) is 2.84. The maximum atomic E-state index is 4.66. The van der Waals surface area contributed by atoms with Crippen LogP contribution in [0.4, 0.5) is 11.5 Å². The third-order valence-corrected chi connectivity index (χ3v) is 3.73. The normalized spacial score (nSPS) is 16.0. The first-order chi connectivity index (χ1) is 9.33. The highest BCUT2D eigenvalue weighted by Crippen LogP contribution is 2.23. The zero-order valence-corrected chi connectivity index (χ0v) is 11.6. The molecule has 0 bridgehead atoms. The zero-order valence-electron chi connectivity index (χ0n) is 11.6. The molecule has 1 fully saturated rings. The van der Waals surface area contributed by atoms with Gasteiger partial charge in [-0.15, -0.1) is 0 Å². The van der Waals surface area contributed by atoms with Crippen molar-refractivity contribution in [3.63, 3.8) is 0 Å². The van der Waals surface area contributed by atoms with Gasteiger partial charge in [-0.05, 0) is 18.6 Å². The Morgan fingerprint density at radius 2 is 2.11 bits per heavy atom. The second kappa shape index (κ2) is 5.09. The molecule has 0 amide bonds. The van der Waals surface area contributed by atoms with Gasteiger partial charge in [-0.1, -0.05) is 6.92 Å². The van der Waals surface area contributed by atoms with Gasteiger partial charge < -0.3 is 15.5 Å². The average molecular weight is 259 g/mol. The van der Waals surface area contributed by atoms with Gasteiger partial charge in [-0.3, -0.25) is 4.40 Å². The van der Waals surface area contributed by atoms with Crippen molar-refractivity contribution in [1.82, 2.24) is 14.7 Å². The zero-order chi connectivity index (χ0) is 13.2. The van der Waals surface area contributed by atoms with Crippen LogP contribution in [0.15, 0.2) is 18.3 Å². The summed E-state index contributed by atoms with van der Waals surface area (Å²) in [6.07, 6.45) is 3.14. The van der Waals surface area contributed by atoms with Gasteiger partial charge in [0, 0.05) is 39.4 Å². The Hall–Kier alpha value is -1.75. The summed E-state index contributed by atoms with van der Waals surface area (Å²) in [7, 11) is 1.96. The van der Waals surface area contributed by atoms with Gasteiger partial charge in [0.1, 0.15) is 11.5 Å². The Labute approximate surface area is 113 Å². The summed E-state index contributed by atoms with van der Waals surface area (Å²) in [5, 5.41) is 6.65. The lowest BCUT2D eigenvalue weighted by Gasteiger charge is -2.29. The number of imidazole rings is 1. The van der Waals surface area contributed by atoms with Gasteiger partial charge in [-0.2, -0.15) is 0 Å². The molecular formula is C14H21N5. The van der Waals surface area contributed by atoms with Gasteiger partial charge in [0.15, 0.2) is 0 Å². The molecule has 0 spiro atoms. The minimum absolute atomic E-state index is 0.945. The van der Waals surface area contributed by atoms with Gasteiger partial charge in [0.25, 0.3) is 0 Å². The predicted molar refractivity (Wildman–Crippen MR) is 79.2 cm³/mol. The summed E-state index contributed by atoms with van der Waals surface area (Å²) in [5.74, 6) is 1.11. The van der Waals surface area contributed by atoms with Crippen LogP contribution in [0.5, 0.6) is 0 Å². The largest absolute Gasteiger partial charge is 0.373 e. The molecule has 2 N–H and O–H groups in total. The van der Waals surface area contributed by atoms with Gasteiger partial charge in [0.05, 0.1) is 11.4 Å². The number of aryl methyl sites for hydroxylation is 1. The fourth-order valence-corrected chi connectivity index (χ4v) is 2.70. The van der Waals surface area contributed by atoms with E-state index in [0.717, 1.165) is 49.8 Å². The highest BCUT2D eigenvalue weighted by molar-refractivity contribution is 5.60. The number of aromatic nitrogens is 2. The van der Waals surface area contributed by atoms with Crippen molar-refractivity contribution in [2.45, 2.75) is 13.3 Å². The van der Waals surface area contributed by atoms with Gasteiger partial charge >= 0.3 is 0 Å². The third kappa shape index (κ3) is 2.14. The number of pyridine rings is 1. The number of fused-ring (bicyclic) bond motifs is 1. The van der Waals surface area contributed by atoms with E-state index in [4.69, 9.17) is 0 Å². The van der Waals surface area contributed by atoms with Crippen molar-refractivity contribution in [3.8, 4) is 0 Å². The number of nitrogens with one attached hydrogen (secondary N) is 2. The first-order valence-electron chi connectivity index (χ1n) is 6.98. The molecule has 3 heterocycles. The molecular weight excluding hydrogens is 238 g/mol. The second-order valence-corrected chi connectivity index (χ2v) is 4.86. The molecule has 19 heavy (non-hydrogen) atoms. The molecule has 1 aliphatic heterocycles. The lowest BCUT2D eigenvalue weighted by Crippen LogP contribution is -2.43. The fraction of sp³-hybridized carbons (Fsp3) is 0.500. The summed E-state index contributed by atoms with van der Waals surface area (Å²) in [4.78, 5) is 7.08. The van der Waals surface area contributed by atoms with Crippen LogP contribution in [0, 0.1) is 0 Å². The number of anilines is 2. The molecule has 2 aromatic rings. The molecule has 5 nitrogen and oxygen atoms in total. The minimum atomic E-state index is 0.945. The Morgan fingerprint density at radius 3 is 2.79 bits per heavy atom. The summed E-state index contributed by atoms with van der Waals surface area (Å²) in [6.45, 7) is 6.38. The topological polar surface area (TPSA) is 44.6 Å². The van der Waals surface area contributed by atoms with E-state index < -0.39 is 0 Å². The molecule has 3 rings (SSSR count). The molecule has 1 saturated heterocycles. The number of hydrogen-bond acceptors (Lipinski definition) is 4. The van der Waals surface area contributed by atoms with Crippen LogP contribution in [0.25, 0.3) is 5.65 Å². The van der Waals surface area contributed by atoms with Crippen molar-refractivity contribution in [2.24, 2.45) is 0 Å². The molecule has 0 aliphatic carbocycles. The van der Waals surface area contributed by atoms with E-state index in [2.05, 4.69) is 50.2 Å². The Morgan fingerprint density at radius 1 is 1.32 bits per heavy atom. The van der Waals surface area contributed by atoms with Crippen LogP contribution < -0.4 is 15.5 Å². The van der Waals surface area contributed by atoms with E-state index in [-0.39, 0.29) is 0 Å². The van der Waals surface area contributed by atoms with Crippen molar-refractivity contribution in [1.29, 1.82) is 0 Å². The lowest BCUT2D eigenvalue weighted by molar-refractivity contribution is 0.588. The molecule has 102 valence electrons. The Balaban J connectivity index is 2.03. The van der Waals surface area contributed by atoms with E-state index in [1.165, 1.54) is 5.69 Å². The van der Waals surface area contributed by atoms with E-state index in [1.54, 1.807) is 0 Å². The molecule has 0 unspecified atom stereocenters. The molecule has 0 aromatic carbocycles. The van der Waals surface area contributed by atoms with Crippen molar-refractivity contribution in [2.75, 3.05) is 43.4 Å². The van der Waals surface area contributed by atoms with E-state index in [1.807, 2.05) is 7.05 Å². The van der Waals surface area contributed by atoms with Gasteiger partial charge in [-0.25, -0.2) is 4.98 Å². The predicted octanol–water partition coefficient (Wildman–Crippen LogP) is 1.35. The van der Waals surface area contributed by atoms with Crippen LogP contribution in [0.1, 0.15) is 12.6 Å². The molecule has 0 radical (unpaired) electrons. The Kier molecular flexibility index (Phi) is 3.29. The monoisotopic (exact) mass is 259 g/mol. The van der Waals surface area contributed by atoms with Crippen LogP contribution in [-0.2, 0) is 6.42 Å². The van der Waals surface area contributed by atoms with Crippen LogP contribution in [0.2, 0.25) is 0 Å². The third-order valence-electron chi connectivity index (χ3n) is 3.73. The number of piperazine rings is 1. The van der Waals surface area contributed by atoms with E-state index >= 15 is 0 Å². The van der Waals surface area contributed by atoms with Crippen LogP contribution in [-0.4, -0.2) is 42.6 Å². The number of rotatable bonds is 3. The maximum Gasteiger partial charge on any atom is 0.138 e. The highest BCUT2D eigenvalue weighted by Gasteiger charge is 2.14. The lowest BCUT2D eigenvalue weighted by atomic mass is 10.3. The molecule has 0 saturated carbocycles. The van der Waals surface area contributed by atoms with Crippen molar-refractivity contribution in [3.05, 3.63) is 24.0 Å². The van der Waals surface area contributed by atoms with Crippen LogP contribution >= 0.6 is 0 Å². The molecule has 0 atom stereocenters. The second-order valence-electron chi connectivity index (χ2n) is 4.86. The molecule has 5 heteroatoms. The quantitative estimate of drug-likeness (QED) is 0.873. The first-order valence-corrected chi connectivity index (χ1v) is 6.98.